The number of hydrogen-bond acceptors (Lipinski definition) is 5. The van der Waals surface area contributed by atoms with Crippen molar-refractivity contribution in [3.8, 4) is 11.5 Å². The van der Waals surface area contributed by atoms with Crippen LogP contribution in [0.1, 0.15) is 19.3 Å². The number of ether oxygens (including phenoxy) is 1. The summed E-state index contributed by atoms with van der Waals surface area (Å²) in [6, 6.07) is 17.0. The second-order valence-corrected chi connectivity index (χ2v) is 8.45. The topological polar surface area (TPSA) is 65.1 Å². The van der Waals surface area contributed by atoms with E-state index >= 15 is 0 Å². The molecule has 0 bridgehead atoms. The second kappa shape index (κ2) is 11.1. The van der Waals surface area contributed by atoms with Crippen LogP contribution in [0, 0.1) is 0 Å². The van der Waals surface area contributed by atoms with E-state index in [2.05, 4.69) is 15.1 Å². The van der Waals surface area contributed by atoms with Gasteiger partial charge in [-0.25, -0.2) is 0 Å². The van der Waals surface area contributed by atoms with Crippen LogP contribution in [0.5, 0.6) is 11.5 Å². The Bertz CT molecular complexity index is 891. The van der Waals surface area contributed by atoms with E-state index in [9.17, 15) is 9.59 Å². The predicted molar refractivity (Wildman–Crippen MR) is 125 cm³/mol. The van der Waals surface area contributed by atoms with E-state index in [-0.39, 0.29) is 11.8 Å². The van der Waals surface area contributed by atoms with Crippen molar-refractivity contribution in [1.29, 1.82) is 0 Å². The van der Waals surface area contributed by atoms with Gasteiger partial charge < -0.3 is 15.0 Å². The van der Waals surface area contributed by atoms with Gasteiger partial charge in [-0.3, -0.25) is 19.4 Å². The predicted octanol–water partition coefficient (Wildman–Crippen LogP) is 3.05. The fourth-order valence-electron chi connectivity index (χ4n) is 4.21. The maximum atomic E-state index is 12.7. The van der Waals surface area contributed by atoms with E-state index in [0.29, 0.717) is 24.5 Å². The minimum absolute atomic E-state index is 0.0630. The molecule has 32 heavy (non-hydrogen) atoms. The number of rotatable bonds is 7. The Kier molecular flexibility index (Phi) is 7.74. The number of amides is 2. The molecule has 2 aliphatic rings. The molecule has 0 radical (unpaired) electrons. The molecule has 2 aliphatic heterocycles. The molecule has 0 aromatic heterocycles. The third-order valence-corrected chi connectivity index (χ3v) is 6.03. The highest BCUT2D eigenvalue weighted by Crippen LogP contribution is 2.29. The molecule has 7 heteroatoms. The number of piperidine rings is 1. The first kappa shape index (κ1) is 22.3. The van der Waals surface area contributed by atoms with E-state index in [1.807, 2.05) is 59.5 Å². The van der Waals surface area contributed by atoms with Crippen LogP contribution in [0.15, 0.2) is 54.6 Å². The van der Waals surface area contributed by atoms with Crippen molar-refractivity contribution in [3.63, 3.8) is 0 Å². The van der Waals surface area contributed by atoms with E-state index < -0.39 is 0 Å². The lowest BCUT2D eigenvalue weighted by atomic mass is 10.1. The Morgan fingerprint density at radius 1 is 0.750 bits per heavy atom. The first-order valence-corrected chi connectivity index (χ1v) is 11.5. The summed E-state index contributed by atoms with van der Waals surface area (Å²) in [5, 5.41) is 2.98. The summed E-state index contributed by atoms with van der Waals surface area (Å²) in [7, 11) is 0. The fraction of sp³-hybridized carbons (Fsp3) is 0.440. The van der Waals surface area contributed by atoms with Crippen LogP contribution in [0.4, 0.5) is 5.69 Å². The summed E-state index contributed by atoms with van der Waals surface area (Å²) in [6.45, 7) is 5.79. The van der Waals surface area contributed by atoms with Crippen molar-refractivity contribution in [2.24, 2.45) is 0 Å². The summed E-state index contributed by atoms with van der Waals surface area (Å²) in [5.41, 5.74) is 0.659. The molecule has 2 heterocycles. The molecule has 2 aromatic rings. The molecule has 0 saturated carbocycles. The number of benzene rings is 2. The molecule has 2 aromatic carbocycles. The highest BCUT2D eigenvalue weighted by Gasteiger charge is 2.23. The third-order valence-electron chi connectivity index (χ3n) is 6.03. The minimum Gasteiger partial charge on any atom is -0.455 e. The Hall–Kier alpha value is -2.90. The number of hydrogen-bond donors (Lipinski definition) is 1. The zero-order chi connectivity index (χ0) is 22.2. The van der Waals surface area contributed by atoms with Gasteiger partial charge in [-0.1, -0.05) is 30.3 Å². The standard InChI is InChI=1S/C25H32N4O3/c30-24(26-22-11-5-6-12-23(22)32-21-9-3-1-4-10-21)19-27-15-17-28(18-16-27)20-25(31)29-13-7-2-8-14-29/h1,3-6,9-12H,2,7-8,13-20H2,(H,26,30). The van der Waals surface area contributed by atoms with E-state index in [1.165, 1.54) is 6.42 Å². The first-order chi connectivity index (χ1) is 15.7. The van der Waals surface area contributed by atoms with E-state index in [0.717, 1.165) is 57.9 Å². The molecule has 0 aliphatic carbocycles. The van der Waals surface area contributed by atoms with E-state index in [1.54, 1.807) is 0 Å². The molecule has 170 valence electrons. The molecule has 0 unspecified atom stereocenters. The van der Waals surface area contributed by atoms with E-state index in [4.69, 9.17) is 4.74 Å². The van der Waals surface area contributed by atoms with Gasteiger partial charge in [-0.15, -0.1) is 0 Å². The fourth-order valence-corrected chi connectivity index (χ4v) is 4.21. The lowest BCUT2D eigenvalue weighted by molar-refractivity contribution is -0.134. The van der Waals surface area contributed by atoms with Crippen LogP contribution < -0.4 is 10.1 Å². The van der Waals surface area contributed by atoms with Gasteiger partial charge >= 0.3 is 0 Å². The summed E-state index contributed by atoms with van der Waals surface area (Å²) >= 11 is 0. The Labute approximate surface area is 189 Å². The highest BCUT2D eigenvalue weighted by molar-refractivity contribution is 5.93. The average molecular weight is 437 g/mol. The molecule has 2 fully saturated rings. The van der Waals surface area contributed by atoms with Crippen molar-refractivity contribution in [2.45, 2.75) is 19.3 Å². The average Bonchev–Trinajstić information content (AvgIpc) is 2.83. The number of para-hydroxylation sites is 3. The number of piperazine rings is 1. The molecular weight excluding hydrogens is 404 g/mol. The quantitative estimate of drug-likeness (QED) is 0.723. The van der Waals surface area contributed by atoms with Crippen molar-refractivity contribution < 1.29 is 14.3 Å². The molecule has 4 rings (SSSR count). The van der Waals surface area contributed by atoms with Crippen molar-refractivity contribution in [2.75, 3.05) is 57.7 Å². The van der Waals surface area contributed by atoms with Crippen LogP contribution in [0.25, 0.3) is 0 Å². The van der Waals surface area contributed by atoms with Gasteiger partial charge in [0.2, 0.25) is 11.8 Å². The Balaban J connectivity index is 1.23. The molecule has 2 saturated heterocycles. The normalized spacial score (nSPS) is 17.7. The Morgan fingerprint density at radius 3 is 2.09 bits per heavy atom. The SMILES string of the molecule is O=C(CN1CCN(CC(=O)N2CCCCC2)CC1)Nc1ccccc1Oc1ccccc1. The Morgan fingerprint density at radius 2 is 1.38 bits per heavy atom. The summed E-state index contributed by atoms with van der Waals surface area (Å²) in [4.78, 5) is 31.5. The van der Waals surface area contributed by atoms with Gasteiger partial charge in [0.15, 0.2) is 5.75 Å². The molecule has 7 nitrogen and oxygen atoms in total. The number of carbonyl (C=O) groups excluding carboxylic acids is 2. The molecule has 1 N–H and O–H groups in total. The largest absolute Gasteiger partial charge is 0.455 e. The summed E-state index contributed by atoms with van der Waals surface area (Å²) < 4.78 is 5.93. The maximum Gasteiger partial charge on any atom is 0.238 e. The van der Waals surface area contributed by atoms with Crippen LogP contribution in [0.3, 0.4) is 0 Å². The van der Waals surface area contributed by atoms with Gasteiger partial charge in [0, 0.05) is 39.3 Å². The van der Waals surface area contributed by atoms with Gasteiger partial charge in [0.05, 0.1) is 18.8 Å². The van der Waals surface area contributed by atoms with Crippen molar-refractivity contribution in [1.82, 2.24) is 14.7 Å². The third kappa shape index (κ3) is 6.31. The van der Waals surface area contributed by atoms with Crippen LogP contribution in [0.2, 0.25) is 0 Å². The minimum atomic E-state index is -0.0630. The lowest BCUT2D eigenvalue weighted by Crippen LogP contribution is -2.51. The van der Waals surface area contributed by atoms with Gasteiger partial charge in [0.1, 0.15) is 5.75 Å². The monoisotopic (exact) mass is 436 g/mol. The maximum absolute atomic E-state index is 12.7. The smallest absolute Gasteiger partial charge is 0.238 e. The summed E-state index contributed by atoms with van der Waals surface area (Å²) in [5.74, 6) is 1.52. The number of carbonyl (C=O) groups is 2. The zero-order valence-corrected chi connectivity index (χ0v) is 18.5. The van der Waals surface area contributed by atoms with Gasteiger partial charge in [-0.2, -0.15) is 0 Å². The number of nitrogens with one attached hydrogen (secondary N) is 1. The van der Waals surface area contributed by atoms with Crippen LogP contribution in [-0.4, -0.2) is 78.9 Å². The van der Waals surface area contributed by atoms with Crippen LogP contribution >= 0.6 is 0 Å². The number of nitrogens with zero attached hydrogens (tertiary/aromatic N) is 3. The van der Waals surface area contributed by atoms with Gasteiger partial charge in [-0.05, 0) is 43.5 Å². The van der Waals surface area contributed by atoms with Gasteiger partial charge in [0.25, 0.3) is 0 Å². The summed E-state index contributed by atoms with van der Waals surface area (Å²) in [6.07, 6.45) is 3.47. The van der Waals surface area contributed by atoms with Crippen molar-refractivity contribution in [3.05, 3.63) is 54.6 Å². The second-order valence-electron chi connectivity index (χ2n) is 8.45. The highest BCUT2D eigenvalue weighted by atomic mass is 16.5. The molecule has 0 atom stereocenters. The number of anilines is 1. The molecule has 2 amide bonds. The number of likely N-dealkylation sites (tertiary alicyclic amines) is 1. The molecular formula is C25H32N4O3. The van der Waals surface area contributed by atoms with Crippen molar-refractivity contribution >= 4 is 17.5 Å². The van der Waals surface area contributed by atoms with Crippen LogP contribution in [-0.2, 0) is 9.59 Å². The first-order valence-electron chi connectivity index (χ1n) is 11.5. The lowest BCUT2D eigenvalue weighted by Gasteiger charge is -2.35. The zero-order valence-electron chi connectivity index (χ0n) is 18.5. The molecule has 0 spiro atoms.